The maximum absolute atomic E-state index is 13.5. The number of thioether (sulfide) groups is 2. The molecule has 2 aromatic rings. The Morgan fingerprint density at radius 1 is 1.35 bits per heavy atom. The third-order valence-corrected chi connectivity index (χ3v) is 5.76. The molecule has 1 aliphatic rings. The molecule has 2 heterocycles. The number of nitrogens with zero attached hydrogens (tertiary/aromatic N) is 1. The Labute approximate surface area is 158 Å². The van der Waals surface area contributed by atoms with Crippen molar-refractivity contribution in [1.82, 2.24) is 10.5 Å². The first-order valence-corrected chi connectivity index (χ1v) is 10.2. The lowest BCUT2D eigenvalue weighted by molar-refractivity contribution is -0.119. The highest BCUT2D eigenvalue weighted by Crippen LogP contribution is 2.36. The number of rotatable bonds is 6. The summed E-state index contributed by atoms with van der Waals surface area (Å²) in [7, 11) is 0. The number of fused-ring (bicyclic) bond motifs is 1. The minimum atomic E-state index is -0.306. The number of hydrogen-bond donors (Lipinski definition) is 2. The van der Waals surface area contributed by atoms with Gasteiger partial charge in [-0.15, -0.1) is 23.5 Å². The Morgan fingerprint density at radius 2 is 2.15 bits per heavy atom. The van der Waals surface area contributed by atoms with Crippen LogP contribution in [0.25, 0.3) is 0 Å². The molecule has 26 heavy (non-hydrogen) atoms. The summed E-state index contributed by atoms with van der Waals surface area (Å²) in [6.45, 7) is 1.73. The van der Waals surface area contributed by atoms with Gasteiger partial charge in [-0.05, 0) is 37.1 Å². The molecular formula is C17H18FN3O3S2. The molecule has 0 radical (unpaired) electrons. The number of amides is 2. The van der Waals surface area contributed by atoms with Crippen LogP contribution in [0, 0.1) is 12.7 Å². The number of hydrogen-bond acceptors (Lipinski definition) is 6. The van der Waals surface area contributed by atoms with Gasteiger partial charge in [0.15, 0.2) is 5.82 Å². The predicted molar refractivity (Wildman–Crippen MR) is 99.8 cm³/mol. The number of aromatic nitrogens is 1. The van der Waals surface area contributed by atoms with E-state index in [1.165, 1.54) is 23.9 Å². The van der Waals surface area contributed by atoms with Crippen LogP contribution in [-0.2, 0) is 9.59 Å². The first-order chi connectivity index (χ1) is 12.5. The number of carbonyl (C=O) groups is 2. The van der Waals surface area contributed by atoms with Gasteiger partial charge >= 0.3 is 0 Å². The van der Waals surface area contributed by atoms with Crippen LogP contribution in [0.5, 0.6) is 0 Å². The quantitative estimate of drug-likeness (QED) is 0.782. The fourth-order valence-corrected chi connectivity index (χ4v) is 4.33. The molecule has 0 saturated carbocycles. The molecular weight excluding hydrogens is 377 g/mol. The fraction of sp³-hybridized carbons (Fsp3) is 0.353. The molecule has 138 valence electrons. The van der Waals surface area contributed by atoms with Crippen LogP contribution in [0.3, 0.4) is 0 Å². The van der Waals surface area contributed by atoms with Gasteiger partial charge in [0.1, 0.15) is 11.6 Å². The van der Waals surface area contributed by atoms with Crippen molar-refractivity contribution in [1.29, 1.82) is 0 Å². The molecule has 0 fully saturated rings. The first-order valence-electron chi connectivity index (χ1n) is 8.04. The van der Waals surface area contributed by atoms with Crippen LogP contribution >= 0.6 is 23.5 Å². The van der Waals surface area contributed by atoms with Crippen molar-refractivity contribution in [3.05, 3.63) is 41.4 Å². The Bertz CT molecular complexity index is 812. The number of benzene rings is 1. The topological polar surface area (TPSA) is 84.2 Å². The van der Waals surface area contributed by atoms with E-state index in [2.05, 4.69) is 15.8 Å². The summed E-state index contributed by atoms with van der Waals surface area (Å²) in [5.41, 5.74) is 0.818. The van der Waals surface area contributed by atoms with Crippen molar-refractivity contribution in [3.8, 4) is 0 Å². The van der Waals surface area contributed by atoms with Crippen molar-refractivity contribution in [3.63, 3.8) is 0 Å². The van der Waals surface area contributed by atoms with Crippen LogP contribution in [0.1, 0.15) is 23.8 Å². The summed E-state index contributed by atoms with van der Waals surface area (Å²) >= 11 is 2.87. The van der Waals surface area contributed by atoms with Crippen molar-refractivity contribution < 1.29 is 18.5 Å². The van der Waals surface area contributed by atoms with Gasteiger partial charge in [-0.1, -0.05) is 5.16 Å². The van der Waals surface area contributed by atoms with Crippen LogP contribution < -0.4 is 10.6 Å². The molecule has 0 spiro atoms. The van der Waals surface area contributed by atoms with E-state index in [1.807, 2.05) is 0 Å². The SMILES string of the molecule is Cc1cc(NC(=O)CSCC(=O)NC2CCSc3ccc(F)cc32)no1. The van der Waals surface area contributed by atoms with E-state index in [0.29, 0.717) is 11.6 Å². The van der Waals surface area contributed by atoms with Crippen molar-refractivity contribution in [2.75, 3.05) is 22.6 Å². The number of aryl methyl sites for hydroxylation is 1. The molecule has 2 N–H and O–H groups in total. The third kappa shape index (κ3) is 5.01. The molecule has 0 aliphatic carbocycles. The first kappa shape index (κ1) is 18.8. The zero-order valence-corrected chi connectivity index (χ0v) is 15.7. The van der Waals surface area contributed by atoms with Crippen LogP contribution in [0.4, 0.5) is 10.2 Å². The van der Waals surface area contributed by atoms with E-state index in [0.717, 1.165) is 22.6 Å². The van der Waals surface area contributed by atoms with Crippen LogP contribution in [0.2, 0.25) is 0 Å². The summed E-state index contributed by atoms with van der Waals surface area (Å²) in [5, 5.41) is 9.20. The largest absolute Gasteiger partial charge is 0.360 e. The summed E-state index contributed by atoms with van der Waals surface area (Å²) in [6, 6.07) is 6.08. The Hall–Kier alpha value is -2.00. The predicted octanol–water partition coefficient (Wildman–Crippen LogP) is 3.15. The molecule has 1 unspecified atom stereocenters. The van der Waals surface area contributed by atoms with E-state index in [4.69, 9.17) is 4.52 Å². The lowest BCUT2D eigenvalue weighted by atomic mass is 10.0. The molecule has 3 rings (SSSR count). The molecule has 1 aliphatic heterocycles. The molecule has 1 aromatic heterocycles. The summed E-state index contributed by atoms with van der Waals surface area (Å²) < 4.78 is 18.4. The third-order valence-electron chi connectivity index (χ3n) is 3.71. The second-order valence-corrected chi connectivity index (χ2v) is 7.93. The maximum atomic E-state index is 13.5. The monoisotopic (exact) mass is 395 g/mol. The highest BCUT2D eigenvalue weighted by Gasteiger charge is 2.23. The van der Waals surface area contributed by atoms with Gasteiger partial charge in [-0.25, -0.2) is 4.39 Å². The summed E-state index contributed by atoms with van der Waals surface area (Å²) in [5.74, 6) is 1.39. The highest BCUT2D eigenvalue weighted by molar-refractivity contribution is 8.00. The number of halogens is 1. The van der Waals surface area contributed by atoms with E-state index < -0.39 is 0 Å². The van der Waals surface area contributed by atoms with E-state index in [9.17, 15) is 14.0 Å². The Morgan fingerprint density at radius 3 is 2.92 bits per heavy atom. The smallest absolute Gasteiger partial charge is 0.235 e. The number of nitrogens with one attached hydrogen (secondary N) is 2. The fourth-order valence-electron chi connectivity index (χ4n) is 2.59. The summed E-state index contributed by atoms with van der Waals surface area (Å²) in [6.07, 6.45) is 0.753. The Kier molecular flexibility index (Phi) is 6.20. The average molecular weight is 395 g/mol. The molecule has 2 amide bonds. The number of carbonyl (C=O) groups excluding carboxylic acids is 2. The average Bonchev–Trinajstić information content (AvgIpc) is 3.00. The molecule has 9 heteroatoms. The molecule has 1 atom stereocenters. The van der Waals surface area contributed by atoms with Crippen LogP contribution in [-0.4, -0.2) is 34.2 Å². The summed E-state index contributed by atoms with van der Waals surface area (Å²) in [4.78, 5) is 25.0. The zero-order chi connectivity index (χ0) is 18.5. The van der Waals surface area contributed by atoms with E-state index in [1.54, 1.807) is 30.8 Å². The lowest BCUT2D eigenvalue weighted by Gasteiger charge is -2.26. The second-order valence-electron chi connectivity index (χ2n) is 5.80. The van der Waals surface area contributed by atoms with Gasteiger partial charge in [0.25, 0.3) is 0 Å². The standard InChI is InChI=1S/C17H18FN3O3S2/c1-10-6-15(21-24-10)20-17(23)9-25-8-16(22)19-13-4-5-26-14-3-2-11(18)7-12(13)14/h2-3,6-7,13H,4-5,8-9H2,1H3,(H,19,22)(H,20,21,23). The van der Waals surface area contributed by atoms with Crippen molar-refractivity contribution in [2.24, 2.45) is 0 Å². The maximum Gasteiger partial charge on any atom is 0.235 e. The van der Waals surface area contributed by atoms with Gasteiger partial charge in [-0.2, -0.15) is 0 Å². The lowest BCUT2D eigenvalue weighted by Crippen LogP contribution is -2.32. The highest BCUT2D eigenvalue weighted by atomic mass is 32.2. The van der Waals surface area contributed by atoms with Crippen molar-refractivity contribution in [2.45, 2.75) is 24.3 Å². The van der Waals surface area contributed by atoms with Gasteiger partial charge in [-0.3, -0.25) is 9.59 Å². The van der Waals surface area contributed by atoms with Gasteiger partial charge < -0.3 is 15.2 Å². The molecule has 0 saturated heterocycles. The molecule has 1 aromatic carbocycles. The zero-order valence-electron chi connectivity index (χ0n) is 14.1. The number of anilines is 1. The van der Waals surface area contributed by atoms with E-state index in [-0.39, 0.29) is 35.2 Å². The molecule has 0 bridgehead atoms. The van der Waals surface area contributed by atoms with E-state index >= 15 is 0 Å². The minimum Gasteiger partial charge on any atom is -0.360 e. The molecule has 6 nitrogen and oxygen atoms in total. The minimum absolute atomic E-state index is 0.130. The van der Waals surface area contributed by atoms with Gasteiger partial charge in [0.2, 0.25) is 11.8 Å². The van der Waals surface area contributed by atoms with Crippen molar-refractivity contribution >= 4 is 41.2 Å². The van der Waals surface area contributed by atoms with Crippen LogP contribution in [0.15, 0.2) is 33.7 Å². The van der Waals surface area contributed by atoms with Gasteiger partial charge in [0.05, 0.1) is 17.5 Å². The van der Waals surface area contributed by atoms with Gasteiger partial charge in [0, 0.05) is 16.7 Å². The second kappa shape index (κ2) is 8.59. The normalized spacial score (nSPS) is 16.0. The Balaban J connectivity index is 1.45.